The minimum atomic E-state index is -0.0890. The summed E-state index contributed by atoms with van der Waals surface area (Å²) in [5.74, 6) is 1.87. The van der Waals surface area contributed by atoms with Crippen molar-refractivity contribution in [3.05, 3.63) is 51.3 Å². The van der Waals surface area contributed by atoms with Crippen molar-refractivity contribution in [2.75, 3.05) is 26.4 Å². The van der Waals surface area contributed by atoms with E-state index in [1.807, 2.05) is 4.57 Å². The fraction of sp³-hybridized carbons (Fsp3) is 0.577. The lowest BCUT2D eigenvalue weighted by Gasteiger charge is -2.29. The molecule has 2 aliphatic heterocycles. The second kappa shape index (κ2) is 8.79. The van der Waals surface area contributed by atoms with Crippen LogP contribution < -0.4 is 10.3 Å². The molecule has 0 spiro atoms. The van der Waals surface area contributed by atoms with E-state index in [9.17, 15) is 4.79 Å². The SMILES string of the molecule is CC(C)c1c(OC[C@@H]2COCCO2)cc(=O)n2c1-c1ccc(CCC3CC3)cc1CC2. The Balaban J connectivity index is 1.48. The summed E-state index contributed by atoms with van der Waals surface area (Å²) in [6.07, 6.45) is 6.09. The van der Waals surface area contributed by atoms with Gasteiger partial charge in [-0.05, 0) is 42.2 Å². The Labute approximate surface area is 184 Å². The van der Waals surface area contributed by atoms with E-state index in [0.29, 0.717) is 32.2 Å². The number of benzene rings is 1. The van der Waals surface area contributed by atoms with Gasteiger partial charge in [0.2, 0.25) is 0 Å². The van der Waals surface area contributed by atoms with Crippen molar-refractivity contribution in [3.63, 3.8) is 0 Å². The van der Waals surface area contributed by atoms with Crippen LogP contribution in [0.15, 0.2) is 29.1 Å². The van der Waals surface area contributed by atoms with Crippen molar-refractivity contribution in [1.82, 2.24) is 4.57 Å². The molecule has 5 heteroatoms. The average Bonchev–Trinajstić information content (AvgIpc) is 3.61. The highest BCUT2D eigenvalue weighted by Gasteiger charge is 2.27. The number of hydrogen-bond acceptors (Lipinski definition) is 4. The van der Waals surface area contributed by atoms with Gasteiger partial charge in [-0.1, -0.05) is 44.9 Å². The molecule has 5 rings (SSSR count). The third kappa shape index (κ3) is 4.44. The van der Waals surface area contributed by atoms with Gasteiger partial charge in [-0.25, -0.2) is 0 Å². The van der Waals surface area contributed by atoms with Gasteiger partial charge >= 0.3 is 0 Å². The smallest absolute Gasteiger partial charge is 0.254 e. The molecule has 0 amide bonds. The molecule has 3 aliphatic rings. The average molecular weight is 424 g/mol. The van der Waals surface area contributed by atoms with Gasteiger partial charge in [0.1, 0.15) is 18.5 Å². The highest BCUT2D eigenvalue weighted by Crippen LogP contribution is 2.40. The van der Waals surface area contributed by atoms with E-state index in [-0.39, 0.29) is 17.6 Å². The molecule has 0 bridgehead atoms. The number of hydrogen-bond donors (Lipinski definition) is 0. The molecule has 0 N–H and O–H groups in total. The Bertz CT molecular complexity index is 999. The zero-order valence-electron chi connectivity index (χ0n) is 18.7. The Morgan fingerprint density at radius 1 is 1.19 bits per heavy atom. The van der Waals surface area contributed by atoms with Crippen LogP contribution in [0.3, 0.4) is 0 Å². The van der Waals surface area contributed by atoms with Crippen molar-refractivity contribution >= 4 is 0 Å². The molecule has 1 aromatic heterocycles. The number of aryl methyl sites for hydroxylation is 2. The molecular weight excluding hydrogens is 390 g/mol. The molecule has 166 valence electrons. The van der Waals surface area contributed by atoms with Gasteiger partial charge in [0, 0.05) is 23.7 Å². The van der Waals surface area contributed by atoms with Gasteiger partial charge < -0.3 is 18.8 Å². The van der Waals surface area contributed by atoms with Crippen LogP contribution in [0, 0.1) is 5.92 Å². The number of fused-ring (bicyclic) bond motifs is 3. The van der Waals surface area contributed by atoms with Gasteiger partial charge in [0.25, 0.3) is 5.56 Å². The Morgan fingerprint density at radius 2 is 2.06 bits per heavy atom. The molecule has 0 radical (unpaired) electrons. The molecule has 1 saturated heterocycles. The summed E-state index contributed by atoms with van der Waals surface area (Å²) in [4.78, 5) is 13.0. The third-order valence-electron chi connectivity index (χ3n) is 6.77. The van der Waals surface area contributed by atoms with E-state index >= 15 is 0 Å². The van der Waals surface area contributed by atoms with Crippen LogP contribution in [-0.2, 0) is 28.9 Å². The minimum Gasteiger partial charge on any atom is -0.490 e. The van der Waals surface area contributed by atoms with Gasteiger partial charge in [-0.15, -0.1) is 0 Å². The number of pyridine rings is 1. The van der Waals surface area contributed by atoms with Crippen molar-refractivity contribution in [2.45, 2.75) is 64.5 Å². The maximum absolute atomic E-state index is 13.0. The highest BCUT2D eigenvalue weighted by molar-refractivity contribution is 5.72. The molecule has 1 aromatic carbocycles. The predicted molar refractivity (Wildman–Crippen MR) is 121 cm³/mol. The summed E-state index contributed by atoms with van der Waals surface area (Å²) in [5, 5.41) is 0. The second-order valence-corrected chi connectivity index (χ2v) is 9.52. The maximum Gasteiger partial charge on any atom is 0.254 e. The molecule has 1 atom stereocenters. The van der Waals surface area contributed by atoms with Crippen LogP contribution in [-0.4, -0.2) is 37.1 Å². The molecule has 1 saturated carbocycles. The molecule has 1 aliphatic carbocycles. The standard InChI is InChI=1S/C26H33NO4/c1-17(2)25-23(31-16-21-15-29-11-12-30-21)14-24(28)27-10-9-20-13-19(6-5-18-3-4-18)7-8-22(20)26(25)27/h7-8,13-14,17-18,21H,3-6,9-12,15-16H2,1-2H3/t21-/m0/s1. The summed E-state index contributed by atoms with van der Waals surface area (Å²) in [6, 6.07) is 8.52. The van der Waals surface area contributed by atoms with E-state index < -0.39 is 0 Å². The predicted octanol–water partition coefficient (Wildman–Crippen LogP) is 4.33. The van der Waals surface area contributed by atoms with Crippen LogP contribution >= 0.6 is 0 Å². The van der Waals surface area contributed by atoms with Gasteiger partial charge in [0.15, 0.2) is 0 Å². The number of rotatable bonds is 7. The maximum atomic E-state index is 13.0. The quantitative estimate of drug-likeness (QED) is 0.665. The first-order valence-electron chi connectivity index (χ1n) is 11.8. The fourth-order valence-corrected chi connectivity index (χ4v) is 4.90. The fourth-order valence-electron chi connectivity index (χ4n) is 4.90. The van der Waals surface area contributed by atoms with Crippen LogP contribution in [0.2, 0.25) is 0 Å². The largest absolute Gasteiger partial charge is 0.490 e. The topological polar surface area (TPSA) is 49.7 Å². The van der Waals surface area contributed by atoms with E-state index in [2.05, 4.69) is 32.0 Å². The summed E-state index contributed by atoms with van der Waals surface area (Å²) in [7, 11) is 0. The van der Waals surface area contributed by atoms with Gasteiger partial charge in [-0.2, -0.15) is 0 Å². The van der Waals surface area contributed by atoms with Crippen LogP contribution in [0.1, 0.15) is 55.7 Å². The second-order valence-electron chi connectivity index (χ2n) is 9.52. The van der Waals surface area contributed by atoms with Crippen molar-refractivity contribution in [3.8, 4) is 17.0 Å². The first kappa shape index (κ1) is 20.8. The molecule has 0 unspecified atom stereocenters. The first-order valence-corrected chi connectivity index (χ1v) is 11.8. The molecule has 31 heavy (non-hydrogen) atoms. The normalized spacial score (nSPS) is 20.4. The van der Waals surface area contributed by atoms with Crippen molar-refractivity contribution in [2.24, 2.45) is 5.92 Å². The summed E-state index contributed by atoms with van der Waals surface area (Å²) in [6.45, 7) is 7.23. The number of aromatic nitrogens is 1. The van der Waals surface area contributed by atoms with Gasteiger partial charge in [-0.3, -0.25) is 4.79 Å². The Hall–Kier alpha value is -2.11. The zero-order chi connectivity index (χ0) is 21.4. The monoisotopic (exact) mass is 423 g/mol. The lowest BCUT2D eigenvalue weighted by molar-refractivity contribution is -0.101. The Morgan fingerprint density at radius 3 is 2.81 bits per heavy atom. The van der Waals surface area contributed by atoms with Crippen molar-refractivity contribution in [1.29, 1.82) is 0 Å². The lowest BCUT2D eigenvalue weighted by atomic mass is 9.88. The van der Waals surface area contributed by atoms with E-state index in [1.165, 1.54) is 36.0 Å². The van der Waals surface area contributed by atoms with E-state index in [1.54, 1.807) is 6.07 Å². The van der Waals surface area contributed by atoms with E-state index in [0.717, 1.165) is 36.6 Å². The summed E-state index contributed by atoms with van der Waals surface area (Å²) in [5.41, 5.74) is 6.13. The van der Waals surface area contributed by atoms with Crippen LogP contribution in [0.4, 0.5) is 0 Å². The molecule has 2 aromatic rings. The molecular formula is C26H33NO4. The summed E-state index contributed by atoms with van der Waals surface area (Å²) < 4.78 is 19.3. The summed E-state index contributed by atoms with van der Waals surface area (Å²) >= 11 is 0. The number of ether oxygens (including phenoxy) is 3. The molecule has 2 fully saturated rings. The lowest BCUT2D eigenvalue weighted by Crippen LogP contribution is -2.34. The van der Waals surface area contributed by atoms with Crippen LogP contribution in [0.5, 0.6) is 5.75 Å². The molecule has 5 nitrogen and oxygen atoms in total. The first-order chi connectivity index (χ1) is 15.1. The van der Waals surface area contributed by atoms with Crippen LogP contribution in [0.25, 0.3) is 11.3 Å². The molecule has 3 heterocycles. The third-order valence-corrected chi connectivity index (χ3v) is 6.77. The number of nitrogens with zero attached hydrogens (tertiary/aromatic N) is 1. The van der Waals surface area contributed by atoms with Crippen molar-refractivity contribution < 1.29 is 14.2 Å². The zero-order valence-corrected chi connectivity index (χ0v) is 18.7. The van der Waals surface area contributed by atoms with Gasteiger partial charge in [0.05, 0.1) is 25.5 Å². The highest BCUT2D eigenvalue weighted by atomic mass is 16.6. The Kier molecular flexibility index (Phi) is 5.89. The van der Waals surface area contributed by atoms with E-state index in [4.69, 9.17) is 14.2 Å². The minimum absolute atomic E-state index is 0.0127.